The summed E-state index contributed by atoms with van der Waals surface area (Å²) >= 11 is 0. The SMILES string of the molecule is O=C1CN(C2CC2)C(=O)N1Cc1cccc(C(F)(F)F)c1. The molecule has 112 valence electrons. The fourth-order valence-corrected chi connectivity index (χ4v) is 2.42. The molecule has 4 nitrogen and oxygen atoms in total. The summed E-state index contributed by atoms with van der Waals surface area (Å²) in [4.78, 5) is 26.5. The average molecular weight is 298 g/mol. The molecule has 3 rings (SSSR count). The van der Waals surface area contributed by atoms with Gasteiger partial charge in [0.25, 0.3) is 5.91 Å². The summed E-state index contributed by atoms with van der Waals surface area (Å²) < 4.78 is 38.0. The number of alkyl halides is 3. The predicted octanol–water partition coefficient (Wildman–Crippen LogP) is 2.63. The second-order valence-corrected chi connectivity index (χ2v) is 5.32. The summed E-state index contributed by atoms with van der Waals surface area (Å²) in [6.07, 6.45) is -2.66. The minimum atomic E-state index is -4.44. The number of carbonyl (C=O) groups is 2. The lowest BCUT2D eigenvalue weighted by Gasteiger charge is -2.17. The second-order valence-electron chi connectivity index (χ2n) is 5.32. The standard InChI is InChI=1S/C14H13F3N2O2/c15-14(16,17)10-3-1-2-9(6-10)7-19-12(20)8-18(13(19)21)11-4-5-11/h1-3,6,11H,4-5,7-8H2. The van der Waals surface area contributed by atoms with E-state index in [-0.39, 0.29) is 25.0 Å². The highest BCUT2D eigenvalue weighted by atomic mass is 19.4. The van der Waals surface area contributed by atoms with Crippen LogP contribution in [-0.4, -0.2) is 34.3 Å². The van der Waals surface area contributed by atoms with Crippen LogP contribution < -0.4 is 0 Å². The minimum absolute atomic E-state index is 0.0302. The van der Waals surface area contributed by atoms with Crippen molar-refractivity contribution in [2.45, 2.75) is 31.6 Å². The summed E-state index contributed by atoms with van der Waals surface area (Å²) in [5, 5.41) is 0. The van der Waals surface area contributed by atoms with Gasteiger partial charge in [-0.1, -0.05) is 12.1 Å². The van der Waals surface area contributed by atoms with Crippen LogP contribution in [0.5, 0.6) is 0 Å². The van der Waals surface area contributed by atoms with Gasteiger partial charge in [0, 0.05) is 6.04 Å². The fraction of sp³-hybridized carbons (Fsp3) is 0.429. The van der Waals surface area contributed by atoms with Crippen molar-refractivity contribution < 1.29 is 22.8 Å². The highest BCUT2D eigenvalue weighted by Crippen LogP contribution is 2.32. The fourth-order valence-electron chi connectivity index (χ4n) is 2.42. The van der Waals surface area contributed by atoms with E-state index in [4.69, 9.17) is 0 Å². The number of hydrogen-bond acceptors (Lipinski definition) is 2. The number of amides is 3. The van der Waals surface area contributed by atoms with Gasteiger partial charge >= 0.3 is 12.2 Å². The number of imide groups is 1. The van der Waals surface area contributed by atoms with Crippen molar-refractivity contribution >= 4 is 11.9 Å². The molecule has 1 heterocycles. The Kier molecular flexibility index (Phi) is 3.15. The molecule has 0 atom stereocenters. The van der Waals surface area contributed by atoms with Crippen LogP contribution in [0.15, 0.2) is 24.3 Å². The molecule has 2 aliphatic rings. The summed E-state index contributed by atoms with van der Waals surface area (Å²) in [5.74, 6) is -0.357. The molecule has 3 amide bonds. The van der Waals surface area contributed by atoms with E-state index in [1.54, 1.807) is 0 Å². The first-order valence-corrected chi connectivity index (χ1v) is 6.63. The smallest absolute Gasteiger partial charge is 0.312 e. The van der Waals surface area contributed by atoms with Crippen molar-refractivity contribution in [2.75, 3.05) is 6.54 Å². The highest BCUT2D eigenvalue weighted by Gasteiger charge is 2.43. The van der Waals surface area contributed by atoms with Crippen molar-refractivity contribution in [2.24, 2.45) is 0 Å². The van der Waals surface area contributed by atoms with Gasteiger partial charge in [0.2, 0.25) is 0 Å². The van der Waals surface area contributed by atoms with Gasteiger partial charge in [-0.15, -0.1) is 0 Å². The minimum Gasteiger partial charge on any atom is -0.312 e. The van der Waals surface area contributed by atoms with Gasteiger partial charge in [-0.2, -0.15) is 13.2 Å². The molecule has 0 bridgehead atoms. The zero-order valence-corrected chi connectivity index (χ0v) is 11.1. The molecular formula is C14H13F3N2O2. The van der Waals surface area contributed by atoms with Gasteiger partial charge < -0.3 is 4.90 Å². The Morgan fingerprint density at radius 2 is 1.90 bits per heavy atom. The van der Waals surface area contributed by atoms with Crippen LogP contribution in [0.1, 0.15) is 24.0 Å². The molecule has 1 aliphatic carbocycles. The van der Waals surface area contributed by atoms with Crippen LogP contribution in [0, 0.1) is 0 Å². The van der Waals surface area contributed by atoms with Crippen LogP contribution in [0.3, 0.4) is 0 Å². The summed E-state index contributed by atoms with van der Waals surface area (Å²) in [6.45, 7) is -0.0900. The Labute approximate surface area is 119 Å². The van der Waals surface area contributed by atoms with Gasteiger partial charge in [-0.3, -0.25) is 9.69 Å². The third-order valence-corrected chi connectivity index (χ3v) is 3.67. The van der Waals surface area contributed by atoms with Gasteiger partial charge in [-0.25, -0.2) is 4.79 Å². The first kappa shape index (κ1) is 13.9. The largest absolute Gasteiger partial charge is 0.416 e. The zero-order valence-electron chi connectivity index (χ0n) is 11.1. The molecule has 1 saturated carbocycles. The topological polar surface area (TPSA) is 40.6 Å². The van der Waals surface area contributed by atoms with Gasteiger partial charge in [0.15, 0.2) is 0 Å². The second kappa shape index (κ2) is 4.75. The maximum Gasteiger partial charge on any atom is 0.416 e. The summed E-state index contributed by atoms with van der Waals surface area (Å²) in [6, 6.07) is 4.42. The number of nitrogens with zero attached hydrogens (tertiary/aromatic N) is 2. The molecule has 0 aromatic heterocycles. The molecule has 1 aliphatic heterocycles. The van der Waals surface area contributed by atoms with Crippen molar-refractivity contribution in [3.63, 3.8) is 0 Å². The van der Waals surface area contributed by atoms with Crippen molar-refractivity contribution in [3.8, 4) is 0 Å². The molecule has 0 spiro atoms. The predicted molar refractivity (Wildman–Crippen MR) is 67.1 cm³/mol. The Balaban J connectivity index is 1.77. The van der Waals surface area contributed by atoms with Crippen molar-refractivity contribution in [3.05, 3.63) is 35.4 Å². The summed E-state index contributed by atoms with van der Waals surface area (Å²) in [5.41, 5.74) is -0.484. The number of urea groups is 1. The third kappa shape index (κ3) is 2.72. The van der Waals surface area contributed by atoms with Crippen LogP contribution in [-0.2, 0) is 17.5 Å². The lowest BCUT2D eigenvalue weighted by Crippen LogP contribution is -2.33. The van der Waals surface area contributed by atoms with E-state index < -0.39 is 17.8 Å². The van der Waals surface area contributed by atoms with Crippen LogP contribution >= 0.6 is 0 Å². The monoisotopic (exact) mass is 298 g/mol. The molecule has 1 aromatic rings. The first-order valence-electron chi connectivity index (χ1n) is 6.63. The molecular weight excluding hydrogens is 285 g/mol. The quantitative estimate of drug-likeness (QED) is 0.805. The van der Waals surface area contributed by atoms with E-state index in [1.807, 2.05) is 0 Å². The Hall–Kier alpha value is -2.05. The Bertz CT molecular complexity index is 596. The molecule has 0 N–H and O–H groups in total. The van der Waals surface area contributed by atoms with E-state index in [1.165, 1.54) is 17.0 Å². The molecule has 0 unspecified atom stereocenters. The zero-order chi connectivity index (χ0) is 15.2. The Morgan fingerprint density at radius 1 is 1.19 bits per heavy atom. The van der Waals surface area contributed by atoms with E-state index in [0.717, 1.165) is 29.9 Å². The molecule has 21 heavy (non-hydrogen) atoms. The number of rotatable bonds is 3. The highest BCUT2D eigenvalue weighted by molar-refractivity contribution is 6.02. The summed E-state index contributed by atoms with van der Waals surface area (Å²) in [7, 11) is 0. The van der Waals surface area contributed by atoms with Crippen LogP contribution in [0.25, 0.3) is 0 Å². The Morgan fingerprint density at radius 3 is 2.52 bits per heavy atom. The van der Waals surface area contributed by atoms with E-state index in [9.17, 15) is 22.8 Å². The first-order chi connectivity index (χ1) is 9.86. The van der Waals surface area contributed by atoms with Crippen molar-refractivity contribution in [1.82, 2.24) is 9.80 Å². The number of halogens is 3. The molecule has 7 heteroatoms. The molecule has 0 radical (unpaired) electrons. The molecule has 2 fully saturated rings. The number of benzene rings is 1. The van der Waals surface area contributed by atoms with Crippen LogP contribution in [0.2, 0.25) is 0 Å². The maximum absolute atomic E-state index is 12.7. The average Bonchev–Trinajstić information content (AvgIpc) is 3.21. The van der Waals surface area contributed by atoms with Gasteiger partial charge in [0.1, 0.15) is 6.54 Å². The lowest BCUT2D eigenvalue weighted by atomic mass is 10.1. The van der Waals surface area contributed by atoms with E-state index in [0.29, 0.717) is 5.56 Å². The number of hydrogen-bond donors (Lipinski definition) is 0. The van der Waals surface area contributed by atoms with Gasteiger partial charge in [0.05, 0.1) is 12.1 Å². The molecule has 1 saturated heterocycles. The van der Waals surface area contributed by atoms with E-state index >= 15 is 0 Å². The van der Waals surface area contributed by atoms with Crippen molar-refractivity contribution in [1.29, 1.82) is 0 Å². The van der Waals surface area contributed by atoms with E-state index in [2.05, 4.69) is 0 Å². The third-order valence-electron chi connectivity index (χ3n) is 3.67. The number of carbonyl (C=O) groups excluding carboxylic acids is 2. The van der Waals surface area contributed by atoms with Gasteiger partial charge in [-0.05, 0) is 30.5 Å². The lowest BCUT2D eigenvalue weighted by molar-refractivity contribution is -0.137. The normalized spacial score (nSPS) is 19.6. The maximum atomic E-state index is 12.7. The van der Waals surface area contributed by atoms with Crippen LogP contribution in [0.4, 0.5) is 18.0 Å². The molecule has 1 aromatic carbocycles.